The Labute approximate surface area is 505 Å². The highest BCUT2D eigenvalue weighted by Crippen LogP contribution is 2.68. The molecule has 0 saturated carbocycles. The molecular formula is C48H82N8O2P20. The molecule has 8 heterocycles. The second kappa shape index (κ2) is 36.7. The maximum absolute atomic E-state index is 11.6. The molecule has 10 nitrogen and oxygen atoms in total. The van der Waals surface area contributed by atoms with Crippen molar-refractivity contribution >= 4 is 204 Å². The maximum Gasteiger partial charge on any atom is 0.227 e. The van der Waals surface area contributed by atoms with E-state index in [1.54, 1.807) is 26.5 Å². The van der Waals surface area contributed by atoms with Crippen molar-refractivity contribution in [1.29, 1.82) is 0 Å². The van der Waals surface area contributed by atoms with Gasteiger partial charge in [-0.25, -0.2) is 0 Å². The molecule has 22 atom stereocenters. The smallest absolute Gasteiger partial charge is 0.227 e. The third-order valence-corrected chi connectivity index (χ3v) is 64.0. The Kier molecular flexibility index (Phi) is 33.8. The van der Waals surface area contributed by atoms with E-state index >= 15 is 0 Å². The normalized spacial score (nSPS) is 19.9. The molecule has 3 aliphatic heterocycles. The van der Waals surface area contributed by atoms with E-state index in [1.165, 1.54) is 93.1 Å². The van der Waals surface area contributed by atoms with Gasteiger partial charge >= 0.3 is 0 Å². The Balaban J connectivity index is 0.000000179. The molecule has 5 aliphatic rings. The average molecular weight is 1420 g/mol. The number of likely N-dealkylation sites (N-methyl/N-ethyl adjacent to an activating group) is 3. The quantitative estimate of drug-likeness (QED) is 0.127. The summed E-state index contributed by atoms with van der Waals surface area (Å²) in [7, 11) is 38.5. The van der Waals surface area contributed by atoms with Crippen LogP contribution in [0.25, 0.3) is 0 Å². The minimum Gasteiger partial charge on any atom is -0.341 e. The number of amides is 2. The lowest BCUT2D eigenvalue weighted by Crippen LogP contribution is -2.35. The molecule has 10 rings (SSSR count). The predicted octanol–water partition coefficient (Wildman–Crippen LogP) is 13.7. The Morgan fingerprint density at radius 2 is 0.885 bits per heavy atom. The third-order valence-electron chi connectivity index (χ3n) is 14.0. The maximum atomic E-state index is 11.6. The van der Waals surface area contributed by atoms with Gasteiger partial charge in [-0.3, -0.25) is 34.5 Å². The standard InChI is InChI=1S/2C10H17NP4.2C9H14N2OP4.C9H16N2P4.CH4/c1-7-2-3-8-5-11-6-10(9(8)4-7)15(13)14-12;1-7-2-3-8-4-5-11-10(9(8)6-7)15(13)14-12;1-11-5-7-6(2-9(11)12)3-10-4-8(7)16(14)15-13;1-11-5-7-6(4-8(11)12)2-3-10-9(7)16(14)15-13;1-11-3-2-7-4-10-5-9(8(7)6-11)15(13)14-12;/h5-7,14H,2-4,12-13H2,1H3;4-5,7,14H,2-3,6,12-13H2,1H3;3-4,15H,2,5,13-14H2,1H3;2-3,15H,4-5,13-14H2,1H3;4-5,14H,2-3,6,12-13H2,1H3;1H4. The summed E-state index contributed by atoms with van der Waals surface area (Å²) >= 11 is 0. The number of hydrogen-bond donors (Lipinski definition) is 0. The van der Waals surface area contributed by atoms with Crippen LogP contribution in [-0.2, 0) is 74.2 Å². The van der Waals surface area contributed by atoms with Crippen LogP contribution in [0, 0.1) is 11.8 Å². The first-order valence-electron chi connectivity index (χ1n) is 25.0. The summed E-state index contributed by atoms with van der Waals surface area (Å²) in [6.07, 6.45) is 25.7. The first kappa shape index (κ1) is 72.0. The van der Waals surface area contributed by atoms with Gasteiger partial charge in [0.2, 0.25) is 11.8 Å². The average Bonchev–Trinajstić information content (AvgIpc) is 3.45. The van der Waals surface area contributed by atoms with Gasteiger partial charge < -0.3 is 14.7 Å². The Morgan fingerprint density at radius 3 is 1.40 bits per heavy atom. The molecule has 0 bridgehead atoms. The highest BCUT2D eigenvalue weighted by molar-refractivity contribution is 8.65. The molecule has 5 aromatic heterocycles. The van der Waals surface area contributed by atoms with Crippen LogP contribution in [0.5, 0.6) is 0 Å². The third kappa shape index (κ3) is 20.4. The van der Waals surface area contributed by atoms with Gasteiger partial charge in [0.15, 0.2) is 0 Å². The minimum atomic E-state index is -0.263. The van der Waals surface area contributed by atoms with E-state index in [2.05, 4.69) is 165 Å². The SMILES string of the molecule is C.CC1CCc2ccnc(P(P)PP)c2C1.CC1CCc2cncc(P(P)PP)c2C1.CN1CCc2cncc(P(P)PP)c2C1.CN1Cc2c(ccnc2P(P)PP)CC1=O.CN1Cc2c(cncc2P(P)PP)CC1=O. The van der Waals surface area contributed by atoms with Crippen LogP contribution in [0.4, 0.5) is 0 Å². The zero-order valence-electron chi connectivity index (χ0n) is 44.5. The van der Waals surface area contributed by atoms with E-state index in [-0.39, 0.29) is 55.7 Å². The summed E-state index contributed by atoms with van der Waals surface area (Å²) in [6, 6.07) is 4.19. The van der Waals surface area contributed by atoms with Gasteiger partial charge in [0.05, 0.1) is 23.7 Å². The van der Waals surface area contributed by atoms with Crippen molar-refractivity contribution in [2.45, 2.75) is 98.7 Å². The van der Waals surface area contributed by atoms with E-state index in [9.17, 15) is 9.59 Å². The molecule has 0 fully saturated rings. The lowest BCUT2D eigenvalue weighted by Gasteiger charge is -2.27. The topological polar surface area (TPSA) is 108 Å². The molecule has 0 aromatic carbocycles. The molecular weight excluding hydrogens is 1340 g/mol. The lowest BCUT2D eigenvalue weighted by atomic mass is 9.86. The van der Waals surface area contributed by atoms with Gasteiger partial charge in [0.25, 0.3) is 0 Å². The van der Waals surface area contributed by atoms with Crippen LogP contribution < -0.4 is 26.8 Å². The van der Waals surface area contributed by atoms with Crippen molar-refractivity contribution in [3.63, 3.8) is 0 Å². The minimum absolute atomic E-state index is 0. The van der Waals surface area contributed by atoms with Gasteiger partial charge in [-0.1, -0.05) is 61.1 Å². The number of aromatic nitrogens is 5. The molecule has 0 saturated heterocycles. The zero-order chi connectivity index (χ0) is 55.9. The summed E-state index contributed by atoms with van der Waals surface area (Å²) in [6.45, 7) is 8.41. The first-order chi connectivity index (χ1) is 36.9. The highest BCUT2D eigenvalue weighted by atomic mass is 32.6. The van der Waals surface area contributed by atoms with Crippen molar-refractivity contribution < 1.29 is 9.59 Å². The van der Waals surface area contributed by atoms with E-state index in [4.69, 9.17) is 0 Å². The molecule has 0 radical (unpaired) electrons. The van der Waals surface area contributed by atoms with E-state index < -0.39 is 0 Å². The molecule has 0 spiro atoms. The van der Waals surface area contributed by atoms with Crippen molar-refractivity contribution in [2.75, 3.05) is 27.7 Å². The molecule has 5 aromatic rings. The second-order valence-electron chi connectivity index (χ2n) is 19.5. The summed E-state index contributed by atoms with van der Waals surface area (Å²) in [4.78, 5) is 51.3. The second-order valence-corrected chi connectivity index (χ2v) is 65.0. The van der Waals surface area contributed by atoms with Gasteiger partial charge in [0, 0.05) is 111 Å². The molecule has 2 amide bonds. The number of aryl methyl sites for hydroxylation is 2. The summed E-state index contributed by atoms with van der Waals surface area (Å²) in [5, 5.41) is 4.32. The van der Waals surface area contributed by atoms with Gasteiger partial charge in [-0.15, -0.1) is 89.3 Å². The Bertz CT molecular complexity index is 2530. The lowest BCUT2D eigenvalue weighted by molar-refractivity contribution is -0.131. The van der Waals surface area contributed by atoms with Crippen molar-refractivity contribution in [3.05, 3.63) is 117 Å². The van der Waals surface area contributed by atoms with Crippen molar-refractivity contribution in [2.24, 2.45) is 11.8 Å². The molecule has 22 unspecified atom stereocenters. The van der Waals surface area contributed by atoms with E-state index in [0.29, 0.717) is 19.4 Å². The first-order valence-corrected chi connectivity index (χ1v) is 58.0. The van der Waals surface area contributed by atoms with Gasteiger partial charge in [-0.05, 0) is 163 Å². The van der Waals surface area contributed by atoms with Crippen LogP contribution in [0.3, 0.4) is 0 Å². The molecule has 2 aliphatic carbocycles. The fourth-order valence-electron chi connectivity index (χ4n) is 9.55. The van der Waals surface area contributed by atoms with Crippen LogP contribution in [0.15, 0.2) is 61.7 Å². The fourth-order valence-corrected chi connectivity index (χ4v) is 27.9. The Morgan fingerprint density at radius 1 is 0.487 bits per heavy atom. The largest absolute Gasteiger partial charge is 0.341 e. The number of rotatable bonds is 10. The molecule has 0 N–H and O–H groups in total. The van der Waals surface area contributed by atoms with Gasteiger partial charge in [0.1, 0.15) is 0 Å². The molecule has 30 heteroatoms. The fraction of sp³-hybridized carbons (Fsp3) is 0.438. The number of carbonyl (C=O) groups excluding carboxylic acids is 2. The predicted molar refractivity (Wildman–Crippen MR) is 402 cm³/mol. The number of nitrogens with zero attached hydrogens (tertiary/aromatic N) is 8. The van der Waals surface area contributed by atoms with Crippen LogP contribution in [0.2, 0.25) is 0 Å². The number of carbonyl (C=O) groups is 2. The van der Waals surface area contributed by atoms with Crippen LogP contribution >= 0.6 is 166 Å². The summed E-state index contributed by atoms with van der Waals surface area (Å²) < 4.78 is 0. The Hall–Kier alpha value is 3.25. The molecule has 78 heavy (non-hydrogen) atoms. The van der Waals surface area contributed by atoms with Crippen molar-refractivity contribution in [1.82, 2.24) is 39.6 Å². The monoisotopic (exact) mass is 1420 g/mol. The summed E-state index contributed by atoms with van der Waals surface area (Å²) in [5.41, 5.74) is 16.6. The number of hydrogen-bond acceptors (Lipinski definition) is 8. The van der Waals surface area contributed by atoms with Crippen LogP contribution in [0.1, 0.15) is 89.8 Å². The van der Waals surface area contributed by atoms with Gasteiger partial charge in [-0.2, -0.15) is 0 Å². The summed E-state index contributed by atoms with van der Waals surface area (Å²) in [5.74, 6) is 2.07. The van der Waals surface area contributed by atoms with E-state index in [0.717, 1.165) is 88.8 Å². The molecule has 426 valence electrons. The van der Waals surface area contributed by atoms with E-state index in [1.807, 2.05) is 51.1 Å². The van der Waals surface area contributed by atoms with Crippen molar-refractivity contribution in [3.8, 4) is 0 Å². The van der Waals surface area contributed by atoms with Crippen LogP contribution in [-0.4, -0.2) is 79.1 Å². The zero-order valence-corrected chi connectivity index (χ0v) is 65.5. The highest BCUT2D eigenvalue weighted by Gasteiger charge is 2.27. The number of fused-ring (bicyclic) bond motifs is 5. The number of pyridine rings is 5.